The minimum Gasteiger partial charge on any atom is -0.390 e. The van der Waals surface area contributed by atoms with Gasteiger partial charge < -0.3 is 16.2 Å². The van der Waals surface area contributed by atoms with Gasteiger partial charge in [0.25, 0.3) is 0 Å². The van der Waals surface area contributed by atoms with Gasteiger partial charge in [-0.3, -0.25) is 4.79 Å². The van der Waals surface area contributed by atoms with Crippen molar-refractivity contribution in [3.8, 4) is 0 Å². The van der Waals surface area contributed by atoms with Crippen molar-refractivity contribution in [2.75, 3.05) is 0 Å². The van der Waals surface area contributed by atoms with Crippen molar-refractivity contribution in [2.45, 2.75) is 31.0 Å². The van der Waals surface area contributed by atoms with Crippen LogP contribution in [0.15, 0.2) is 54.6 Å². The smallest absolute Gasteiger partial charge is 0.222 e. The number of nitrogens with one attached hydrogen (secondary N) is 1. The number of rotatable bonds is 4. The molecule has 1 aliphatic carbocycles. The number of aliphatic hydroxyl groups excluding tert-OH is 1. The van der Waals surface area contributed by atoms with Gasteiger partial charge in [0, 0.05) is 18.9 Å². The molecule has 0 bridgehead atoms. The molecule has 2 aromatic rings. The van der Waals surface area contributed by atoms with Crippen LogP contribution in [0.2, 0.25) is 0 Å². The summed E-state index contributed by atoms with van der Waals surface area (Å²) in [6.07, 6.45) is 0.204. The first-order valence-corrected chi connectivity index (χ1v) is 7.51. The number of nitrogens with two attached hydrogens (primary N) is 1. The fourth-order valence-corrected chi connectivity index (χ4v) is 3.00. The Balaban J connectivity index is 0.00000192. The van der Waals surface area contributed by atoms with Gasteiger partial charge in [-0.25, -0.2) is 0 Å². The van der Waals surface area contributed by atoms with Gasteiger partial charge in [-0.05, 0) is 16.7 Å². The fraction of sp³-hybridized carbons (Fsp3) is 0.278. The highest BCUT2D eigenvalue weighted by atomic mass is 35.5. The highest BCUT2D eigenvalue weighted by Gasteiger charge is 2.32. The summed E-state index contributed by atoms with van der Waals surface area (Å²) in [5, 5.41) is 13.1. The van der Waals surface area contributed by atoms with Crippen LogP contribution in [-0.4, -0.2) is 17.1 Å². The Hall–Kier alpha value is -1.88. The molecular weight excluding hydrogens is 312 g/mol. The summed E-state index contributed by atoms with van der Waals surface area (Å²) in [5.41, 5.74) is 9.10. The number of hydrogen-bond donors (Lipinski definition) is 3. The highest BCUT2D eigenvalue weighted by Crippen LogP contribution is 2.31. The summed E-state index contributed by atoms with van der Waals surface area (Å²) < 4.78 is 0. The zero-order valence-corrected chi connectivity index (χ0v) is 13.5. The van der Waals surface area contributed by atoms with Crippen molar-refractivity contribution in [3.05, 3.63) is 71.3 Å². The van der Waals surface area contributed by atoms with E-state index in [2.05, 4.69) is 5.32 Å². The van der Waals surface area contributed by atoms with Crippen molar-refractivity contribution < 1.29 is 9.90 Å². The van der Waals surface area contributed by atoms with Crippen LogP contribution in [0.4, 0.5) is 0 Å². The number of hydrogen-bond acceptors (Lipinski definition) is 3. The van der Waals surface area contributed by atoms with E-state index in [1.54, 1.807) is 0 Å². The number of benzene rings is 2. The molecule has 4 N–H and O–H groups in total. The number of carbonyl (C=O) groups is 1. The zero-order chi connectivity index (χ0) is 15.5. The number of aliphatic hydroxyl groups is 1. The molecule has 0 radical (unpaired) electrons. The molecular formula is C18H21ClN2O2. The van der Waals surface area contributed by atoms with Crippen LogP contribution in [-0.2, 0) is 11.2 Å². The molecule has 4 nitrogen and oxygen atoms in total. The Labute approximate surface area is 142 Å². The van der Waals surface area contributed by atoms with Gasteiger partial charge in [-0.1, -0.05) is 54.6 Å². The van der Waals surface area contributed by atoms with E-state index in [1.165, 1.54) is 0 Å². The predicted octanol–water partition coefficient (Wildman–Crippen LogP) is 2.27. The summed E-state index contributed by atoms with van der Waals surface area (Å²) in [6, 6.07) is 16.7. The Morgan fingerprint density at radius 2 is 1.83 bits per heavy atom. The second kappa shape index (κ2) is 7.59. The average Bonchev–Trinajstić information content (AvgIpc) is 2.84. The first kappa shape index (κ1) is 17.5. The third-order valence-electron chi connectivity index (χ3n) is 4.15. The normalized spacial score (nSPS) is 20.3. The molecule has 5 heteroatoms. The third kappa shape index (κ3) is 3.91. The lowest BCUT2D eigenvalue weighted by molar-refractivity contribution is -0.123. The third-order valence-corrected chi connectivity index (χ3v) is 4.15. The molecule has 0 aliphatic heterocycles. The number of amides is 1. The van der Waals surface area contributed by atoms with E-state index in [4.69, 9.17) is 5.73 Å². The minimum atomic E-state index is -0.575. The van der Waals surface area contributed by atoms with Crippen LogP contribution < -0.4 is 11.1 Å². The molecule has 23 heavy (non-hydrogen) atoms. The molecule has 0 fully saturated rings. The summed E-state index contributed by atoms with van der Waals surface area (Å²) in [4.78, 5) is 12.2. The lowest BCUT2D eigenvalue weighted by Crippen LogP contribution is -2.35. The first-order valence-electron chi connectivity index (χ1n) is 7.51. The van der Waals surface area contributed by atoms with E-state index in [0.717, 1.165) is 16.7 Å². The van der Waals surface area contributed by atoms with Crippen LogP contribution in [0.25, 0.3) is 0 Å². The quantitative estimate of drug-likeness (QED) is 0.804. The Morgan fingerprint density at radius 3 is 2.57 bits per heavy atom. The lowest BCUT2D eigenvalue weighted by atomic mass is 10.0. The minimum absolute atomic E-state index is 0. The Morgan fingerprint density at radius 1 is 1.17 bits per heavy atom. The number of carbonyl (C=O) groups excluding carboxylic acids is 1. The summed E-state index contributed by atoms with van der Waals surface area (Å²) in [6.45, 7) is 0. The van der Waals surface area contributed by atoms with Gasteiger partial charge in [0.2, 0.25) is 5.91 Å². The predicted molar refractivity (Wildman–Crippen MR) is 92.3 cm³/mol. The van der Waals surface area contributed by atoms with Gasteiger partial charge in [-0.2, -0.15) is 0 Å². The Kier molecular flexibility index (Phi) is 5.77. The summed E-state index contributed by atoms with van der Waals surface area (Å²) in [5.74, 6) is -0.142. The largest absolute Gasteiger partial charge is 0.390 e. The van der Waals surface area contributed by atoms with Crippen LogP contribution in [0, 0.1) is 0 Å². The van der Waals surface area contributed by atoms with Gasteiger partial charge in [0.1, 0.15) is 0 Å². The second-order valence-electron chi connectivity index (χ2n) is 5.74. The maximum Gasteiger partial charge on any atom is 0.222 e. The van der Waals surface area contributed by atoms with Gasteiger partial charge in [-0.15, -0.1) is 12.4 Å². The van der Waals surface area contributed by atoms with Crippen molar-refractivity contribution in [3.63, 3.8) is 0 Å². The zero-order valence-electron chi connectivity index (χ0n) is 12.7. The molecule has 3 rings (SSSR count). The van der Waals surface area contributed by atoms with Crippen LogP contribution in [0.1, 0.15) is 35.2 Å². The van der Waals surface area contributed by atoms with Gasteiger partial charge in [0.15, 0.2) is 0 Å². The lowest BCUT2D eigenvalue weighted by Gasteiger charge is -2.19. The van der Waals surface area contributed by atoms with Gasteiger partial charge in [0.05, 0.1) is 12.1 Å². The van der Waals surface area contributed by atoms with Crippen LogP contribution in [0.3, 0.4) is 0 Å². The SMILES string of the molecule is Cl.NC(CC(=O)N[C@@H]1c2ccccc2C[C@@H]1O)c1ccccc1. The molecule has 0 aromatic heterocycles. The molecule has 1 aliphatic rings. The van der Waals surface area contributed by atoms with Gasteiger partial charge >= 0.3 is 0 Å². The average molecular weight is 333 g/mol. The molecule has 1 unspecified atom stereocenters. The molecule has 1 amide bonds. The van der Waals surface area contributed by atoms with E-state index in [-0.39, 0.29) is 36.8 Å². The van der Waals surface area contributed by atoms with Crippen molar-refractivity contribution in [1.29, 1.82) is 0 Å². The maximum absolute atomic E-state index is 12.2. The standard InChI is InChI=1S/C18H20N2O2.ClH/c19-15(12-6-2-1-3-7-12)11-17(22)20-18-14-9-5-4-8-13(14)10-16(18)21;/h1-9,15-16,18,21H,10-11,19H2,(H,20,22);1H/t15?,16-,18+;/m0./s1. The van der Waals surface area contributed by atoms with E-state index in [9.17, 15) is 9.90 Å². The summed E-state index contributed by atoms with van der Waals surface area (Å²) >= 11 is 0. The van der Waals surface area contributed by atoms with Crippen molar-refractivity contribution >= 4 is 18.3 Å². The molecule has 0 heterocycles. The van der Waals surface area contributed by atoms with Crippen LogP contribution >= 0.6 is 12.4 Å². The molecule has 3 atom stereocenters. The number of fused-ring (bicyclic) bond motifs is 1. The molecule has 0 saturated heterocycles. The van der Waals surface area contributed by atoms with Crippen LogP contribution in [0.5, 0.6) is 0 Å². The monoisotopic (exact) mass is 332 g/mol. The fourth-order valence-electron chi connectivity index (χ4n) is 3.00. The first-order chi connectivity index (χ1) is 10.6. The molecule has 0 spiro atoms. The topological polar surface area (TPSA) is 75.4 Å². The maximum atomic E-state index is 12.2. The number of halogens is 1. The summed E-state index contributed by atoms with van der Waals surface area (Å²) in [7, 11) is 0. The van der Waals surface area contributed by atoms with E-state index >= 15 is 0 Å². The van der Waals surface area contributed by atoms with Crippen molar-refractivity contribution in [2.24, 2.45) is 5.73 Å². The Bertz CT molecular complexity index is 663. The highest BCUT2D eigenvalue weighted by molar-refractivity contribution is 5.85. The van der Waals surface area contributed by atoms with Crippen molar-refractivity contribution in [1.82, 2.24) is 5.32 Å². The molecule has 122 valence electrons. The second-order valence-corrected chi connectivity index (χ2v) is 5.74. The van der Waals surface area contributed by atoms with E-state index < -0.39 is 6.10 Å². The van der Waals surface area contributed by atoms with E-state index in [1.807, 2.05) is 54.6 Å². The molecule has 0 saturated carbocycles. The van der Waals surface area contributed by atoms with E-state index in [0.29, 0.717) is 6.42 Å². The molecule has 2 aromatic carbocycles.